The second-order valence-electron chi connectivity index (χ2n) is 4.81. The maximum atomic E-state index is 12.4. The van der Waals surface area contributed by atoms with Crippen molar-refractivity contribution in [2.24, 2.45) is 5.73 Å². The number of phenols is 1. The number of para-hydroxylation sites is 1. The van der Waals surface area contributed by atoms with E-state index in [0.29, 0.717) is 18.7 Å². The molecule has 21 heavy (non-hydrogen) atoms. The van der Waals surface area contributed by atoms with Gasteiger partial charge in [-0.25, -0.2) is 0 Å². The number of amides is 1. The number of benzene rings is 1. The van der Waals surface area contributed by atoms with Crippen LogP contribution in [0.5, 0.6) is 5.75 Å². The Morgan fingerprint density at radius 3 is 2.86 bits per heavy atom. The molecule has 0 aliphatic heterocycles. The highest BCUT2D eigenvalue weighted by molar-refractivity contribution is 5.92. The van der Waals surface area contributed by atoms with Crippen LogP contribution in [0.3, 0.4) is 0 Å². The number of aromatic hydroxyl groups is 1. The van der Waals surface area contributed by atoms with Crippen LogP contribution in [0.15, 0.2) is 30.5 Å². The van der Waals surface area contributed by atoms with Gasteiger partial charge in [-0.2, -0.15) is 0 Å². The lowest BCUT2D eigenvalue weighted by molar-refractivity contribution is 0.0735. The molecule has 1 atom stereocenters. The fraction of sp³-hybridized carbons (Fsp3) is 0.357. The topological polar surface area (TPSA) is 97.3 Å². The van der Waals surface area contributed by atoms with Crippen LogP contribution in [-0.4, -0.2) is 44.5 Å². The predicted molar refractivity (Wildman–Crippen MR) is 77.7 cm³/mol. The van der Waals surface area contributed by atoms with E-state index >= 15 is 0 Å². The van der Waals surface area contributed by atoms with Gasteiger partial charge in [0.1, 0.15) is 5.75 Å². The highest BCUT2D eigenvalue weighted by atomic mass is 16.3. The van der Waals surface area contributed by atoms with Crippen LogP contribution in [0.2, 0.25) is 0 Å². The number of rotatable bonds is 5. The summed E-state index contributed by atoms with van der Waals surface area (Å²) < 4.78 is 1.53. The van der Waals surface area contributed by atoms with Gasteiger partial charge in [-0.05, 0) is 13.0 Å². The molecule has 0 saturated heterocycles. The highest BCUT2D eigenvalue weighted by Gasteiger charge is 2.23. The van der Waals surface area contributed by atoms with E-state index in [9.17, 15) is 9.90 Å². The predicted octanol–water partition coefficient (Wildman–Crippen LogP) is 0.776. The van der Waals surface area contributed by atoms with Gasteiger partial charge in [-0.1, -0.05) is 23.4 Å². The molecule has 0 radical (unpaired) electrons. The van der Waals surface area contributed by atoms with Crippen LogP contribution in [0, 0.1) is 0 Å². The minimum absolute atomic E-state index is 0.163. The quantitative estimate of drug-likeness (QED) is 0.847. The van der Waals surface area contributed by atoms with Gasteiger partial charge in [0.05, 0.1) is 18.8 Å². The second-order valence-corrected chi connectivity index (χ2v) is 4.81. The van der Waals surface area contributed by atoms with Crippen LogP contribution in [0.25, 0.3) is 0 Å². The summed E-state index contributed by atoms with van der Waals surface area (Å²) in [6.07, 6.45) is 1.57. The molecule has 2 rings (SSSR count). The average molecular weight is 289 g/mol. The van der Waals surface area contributed by atoms with Gasteiger partial charge in [0, 0.05) is 19.2 Å². The van der Waals surface area contributed by atoms with E-state index in [2.05, 4.69) is 10.3 Å². The first-order chi connectivity index (χ1) is 10.0. The highest BCUT2D eigenvalue weighted by Crippen LogP contribution is 2.27. The first-order valence-electron chi connectivity index (χ1n) is 6.70. The molecule has 112 valence electrons. The number of hydrogen-bond donors (Lipinski definition) is 2. The zero-order chi connectivity index (χ0) is 15.4. The summed E-state index contributed by atoms with van der Waals surface area (Å²) in [5.41, 5.74) is 6.38. The molecule has 7 nitrogen and oxygen atoms in total. The van der Waals surface area contributed by atoms with Crippen molar-refractivity contribution in [1.29, 1.82) is 0 Å². The molecule has 0 bridgehead atoms. The molecule has 1 aromatic carbocycles. The molecular weight excluding hydrogens is 270 g/mol. The van der Waals surface area contributed by atoms with Crippen LogP contribution in [0.1, 0.15) is 29.0 Å². The molecule has 1 heterocycles. The molecule has 7 heteroatoms. The van der Waals surface area contributed by atoms with Gasteiger partial charge in [0.25, 0.3) is 5.91 Å². The number of hydrogen-bond acceptors (Lipinski definition) is 5. The number of carbonyl (C=O) groups is 1. The lowest BCUT2D eigenvalue weighted by Gasteiger charge is -2.25. The van der Waals surface area contributed by atoms with Crippen LogP contribution >= 0.6 is 0 Å². The summed E-state index contributed by atoms with van der Waals surface area (Å²) in [6, 6.07) is 6.67. The molecule has 1 unspecified atom stereocenters. The number of nitrogens with zero attached hydrogens (tertiary/aromatic N) is 4. The SMILES string of the molecule is CC(c1ccccc1O)N(C)C(=O)c1cn(CCN)nn1. The standard InChI is InChI=1S/C14H19N5O2/c1-10(11-5-3-4-6-13(11)20)18(2)14(21)12-9-19(8-7-15)17-16-12/h3-6,9-10,20H,7-8,15H2,1-2H3. The molecule has 0 aliphatic carbocycles. The van der Waals surface area contributed by atoms with Gasteiger partial charge in [-0.3, -0.25) is 9.48 Å². The fourth-order valence-electron chi connectivity index (χ4n) is 2.04. The Labute approximate surface area is 123 Å². The smallest absolute Gasteiger partial charge is 0.276 e. The molecule has 0 fully saturated rings. The molecule has 1 amide bonds. The normalized spacial score (nSPS) is 12.1. The van der Waals surface area contributed by atoms with E-state index in [1.54, 1.807) is 31.4 Å². The Bertz CT molecular complexity index is 625. The summed E-state index contributed by atoms with van der Waals surface area (Å²) >= 11 is 0. The van der Waals surface area contributed by atoms with Crippen LogP contribution < -0.4 is 5.73 Å². The largest absolute Gasteiger partial charge is 0.508 e. The number of carbonyl (C=O) groups excluding carboxylic acids is 1. The summed E-state index contributed by atoms with van der Waals surface area (Å²) in [7, 11) is 1.67. The summed E-state index contributed by atoms with van der Waals surface area (Å²) in [6.45, 7) is 2.79. The van der Waals surface area contributed by atoms with Gasteiger partial charge in [0.2, 0.25) is 0 Å². The molecule has 0 aliphatic rings. The van der Waals surface area contributed by atoms with Gasteiger partial charge >= 0.3 is 0 Å². The van der Waals surface area contributed by atoms with Crippen molar-refractivity contribution < 1.29 is 9.90 Å². The van der Waals surface area contributed by atoms with Crippen molar-refractivity contribution in [2.45, 2.75) is 19.5 Å². The third-order valence-corrected chi connectivity index (χ3v) is 3.40. The van der Waals surface area contributed by atoms with Crippen molar-refractivity contribution >= 4 is 5.91 Å². The van der Waals surface area contributed by atoms with E-state index in [4.69, 9.17) is 5.73 Å². The maximum absolute atomic E-state index is 12.4. The number of nitrogens with two attached hydrogens (primary N) is 1. The Kier molecular flexibility index (Phi) is 4.54. The molecule has 0 spiro atoms. The van der Waals surface area contributed by atoms with Crippen molar-refractivity contribution in [1.82, 2.24) is 19.9 Å². The second kappa shape index (κ2) is 6.36. The maximum Gasteiger partial charge on any atom is 0.276 e. The monoisotopic (exact) mass is 289 g/mol. The van der Waals surface area contributed by atoms with E-state index in [-0.39, 0.29) is 23.4 Å². The van der Waals surface area contributed by atoms with Crippen molar-refractivity contribution in [3.05, 3.63) is 41.7 Å². The number of aromatic nitrogens is 3. The first kappa shape index (κ1) is 15.0. The zero-order valence-corrected chi connectivity index (χ0v) is 12.1. The van der Waals surface area contributed by atoms with Crippen molar-refractivity contribution in [3.8, 4) is 5.75 Å². The molecular formula is C14H19N5O2. The Hall–Kier alpha value is -2.41. The zero-order valence-electron chi connectivity index (χ0n) is 12.1. The van der Waals surface area contributed by atoms with E-state index in [1.807, 2.05) is 13.0 Å². The van der Waals surface area contributed by atoms with Gasteiger partial charge < -0.3 is 15.7 Å². The van der Waals surface area contributed by atoms with E-state index in [0.717, 1.165) is 0 Å². The third-order valence-electron chi connectivity index (χ3n) is 3.40. The van der Waals surface area contributed by atoms with Gasteiger partial charge in [-0.15, -0.1) is 5.10 Å². The minimum Gasteiger partial charge on any atom is -0.508 e. The summed E-state index contributed by atoms with van der Waals surface area (Å²) in [5.74, 6) is -0.0922. The van der Waals surface area contributed by atoms with Crippen molar-refractivity contribution in [3.63, 3.8) is 0 Å². The number of phenolic OH excluding ortho intramolecular Hbond substituents is 1. The van der Waals surface area contributed by atoms with E-state index in [1.165, 1.54) is 9.58 Å². The third kappa shape index (κ3) is 3.19. The molecule has 1 aromatic heterocycles. The Morgan fingerprint density at radius 2 is 2.19 bits per heavy atom. The Morgan fingerprint density at radius 1 is 1.48 bits per heavy atom. The van der Waals surface area contributed by atoms with Crippen LogP contribution in [-0.2, 0) is 6.54 Å². The summed E-state index contributed by atoms with van der Waals surface area (Å²) in [5, 5.41) is 17.6. The molecule has 3 N–H and O–H groups in total. The van der Waals surface area contributed by atoms with Crippen LogP contribution in [0.4, 0.5) is 0 Å². The van der Waals surface area contributed by atoms with E-state index < -0.39 is 0 Å². The summed E-state index contributed by atoms with van der Waals surface area (Å²) in [4.78, 5) is 13.9. The molecule has 2 aromatic rings. The average Bonchev–Trinajstić information content (AvgIpc) is 2.94. The van der Waals surface area contributed by atoms with Crippen molar-refractivity contribution in [2.75, 3.05) is 13.6 Å². The van der Waals surface area contributed by atoms with Gasteiger partial charge in [0.15, 0.2) is 5.69 Å². The minimum atomic E-state index is -0.279. The lowest BCUT2D eigenvalue weighted by atomic mass is 10.1. The lowest BCUT2D eigenvalue weighted by Crippen LogP contribution is -2.30. The Balaban J connectivity index is 2.16. The molecule has 0 saturated carbocycles. The fourth-order valence-corrected chi connectivity index (χ4v) is 2.04. The first-order valence-corrected chi connectivity index (χ1v) is 6.70.